The number of aryl methyl sites for hydroxylation is 1. The number of hydrogen-bond donors (Lipinski definition) is 1. The Kier molecular flexibility index (Phi) is 6.31. The maximum atomic E-state index is 12.5. The molecule has 0 bridgehead atoms. The number of hydrazone groups is 1. The fourth-order valence-electron chi connectivity index (χ4n) is 4.03. The van der Waals surface area contributed by atoms with Crippen LogP contribution in [0.3, 0.4) is 0 Å². The van der Waals surface area contributed by atoms with Crippen LogP contribution in [0.15, 0.2) is 121 Å². The fraction of sp³-hybridized carbons (Fsp3) is 0.0333. The quantitative estimate of drug-likeness (QED) is 0.241. The van der Waals surface area contributed by atoms with E-state index in [4.69, 9.17) is 0 Å². The Hall–Kier alpha value is -4.77. The summed E-state index contributed by atoms with van der Waals surface area (Å²) in [6.45, 7) is 2.08. The van der Waals surface area contributed by atoms with Crippen LogP contribution in [-0.4, -0.2) is 21.7 Å². The van der Waals surface area contributed by atoms with Gasteiger partial charge in [0.2, 0.25) is 0 Å². The van der Waals surface area contributed by atoms with E-state index in [2.05, 4.69) is 81.6 Å². The minimum Gasteiger partial charge on any atom is -0.309 e. The van der Waals surface area contributed by atoms with E-state index < -0.39 is 0 Å². The number of nitrogens with zero attached hydrogens (tertiary/aromatic N) is 3. The lowest BCUT2D eigenvalue weighted by atomic mass is 10.1. The standard InChI is InChI=1S/C30H24N4O/c1-22-12-14-27(15-13-22)34-28(23-8-4-2-5-9-23)20-26(29(34)24-10-6-3-7-11-24)21-32-33-30(35)25-16-18-31-19-17-25/h2-21H,1H3,(H,33,35)/b32-21+. The highest BCUT2D eigenvalue weighted by molar-refractivity contribution is 5.97. The number of pyridine rings is 1. The zero-order chi connectivity index (χ0) is 24.0. The normalized spacial score (nSPS) is 11.0. The summed E-state index contributed by atoms with van der Waals surface area (Å²) in [5, 5.41) is 4.30. The Morgan fingerprint density at radius 2 is 1.46 bits per heavy atom. The lowest BCUT2D eigenvalue weighted by Gasteiger charge is -2.15. The maximum Gasteiger partial charge on any atom is 0.271 e. The first-order valence-corrected chi connectivity index (χ1v) is 11.4. The predicted octanol–water partition coefficient (Wildman–Crippen LogP) is 6.28. The summed E-state index contributed by atoms with van der Waals surface area (Å²) >= 11 is 0. The van der Waals surface area contributed by atoms with Gasteiger partial charge < -0.3 is 4.57 Å². The molecular weight excluding hydrogens is 432 g/mol. The third-order valence-electron chi connectivity index (χ3n) is 5.75. The number of aromatic nitrogens is 2. The smallest absolute Gasteiger partial charge is 0.271 e. The second-order valence-corrected chi connectivity index (χ2v) is 8.17. The monoisotopic (exact) mass is 456 g/mol. The molecule has 0 atom stereocenters. The van der Waals surface area contributed by atoms with E-state index in [0.717, 1.165) is 33.8 Å². The van der Waals surface area contributed by atoms with Crippen molar-refractivity contribution in [2.24, 2.45) is 5.10 Å². The van der Waals surface area contributed by atoms with Crippen LogP contribution in [0, 0.1) is 6.92 Å². The minimum absolute atomic E-state index is 0.286. The molecule has 5 heteroatoms. The molecule has 1 N–H and O–H groups in total. The van der Waals surface area contributed by atoms with Gasteiger partial charge in [-0.3, -0.25) is 9.78 Å². The Balaban J connectivity index is 1.65. The molecule has 0 aliphatic rings. The predicted molar refractivity (Wildman–Crippen MR) is 141 cm³/mol. The number of amides is 1. The van der Waals surface area contributed by atoms with Gasteiger partial charge in [0.05, 0.1) is 17.6 Å². The van der Waals surface area contributed by atoms with Crippen molar-refractivity contribution >= 4 is 12.1 Å². The third-order valence-corrected chi connectivity index (χ3v) is 5.75. The molecule has 0 fully saturated rings. The summed E-state index contributed by atoms with van der Waals surface area (Å²) in [4.78, 5) is 16.4. The van der Waals surface area contributed by atoms with Crippen LogP contribution < -0.4 is 5.43 Å². The molecule has 0 aliphatic carbocycles. The van der Waals surface area contributed by atoms with Gasteiger partial charge in [-0.2, -0.15) is 5.10 Å². The van der Waals surface area contributed by atoms with Gasteiger partial charge in [-0.1, -0.05) is 78.4 Å². The van der Waals surface area contributed by atoms with Crippen LogP contribution >= 0.6 is 0 Å². The van der Waals surface area contributed by atoms with Gasteiger partial charge in [0.25, 0.3) is 5.91 Å². The van der Waals surface area contributed by atoms with Gasteiger partial charge in [-0.15, -0.1) is 0 Å². The van der Waals surface area contributed by atoms with Crippen molar-refractivity contribution in [3.63, 3.8) is 0 Å². The van der Waals surface area contributed by atoms with Crippen LogP contribution in [0.4, 0.5) is 0 Å². The van der Waals surface area contributed by atoms with Crippen molar-refractivity contribution in [1.29, 1.82) is 0 Å². The topological polar surface area (TPSA) is 59.3 Å². The Bertz CT molecular complexity index is 1460. The molecule has 5 nitrogen and oxygen atoms in total. The summed E-state index contributed by atoms with van der Waals surface area (Å²) < 4.78 is 2.25. The average Bonchev–Trinajstić information content (AvgIpc) is 3.30. The van der Waals surface area contributed by atoms with Crippen molar-refractivity contribution < 1.29 is 4.79 Å². The fourth-order valence-corrected chi connectivity index (χ4v) is 4.03. The van der Waals surface area contributed by atoms with Crippen molar-refractivity contribution in [2.75, 3.05) is 0 Å². The first-order chi connectivity index (χ1) is 17.2. The average molecular weight is 457 g/mol. The van der Waals surface area contributed by atoms with E-state index in [0.29, 0.717) is 5.56 Å². The number of hydrogen-bond acceptors (Lipinski definition) is 3. The molecule has 0 aliphatic heterocycles. The van der Waals surface area contributed by atoms with Gasteiger partial charge in [0.1, 0.15) is 0 Å². The summed E-state index contributed by atoms with van der Waals surface area (Å²) in [6.07, 6.45) is 4.87. The van der Waals surface area contributed by atoms with Crippen LogP contribution in [0.5, 0.6) is 0 Å². The lowest BCUT2D eigenvalue weighted by Crippen LogP contribution is -2.17. The molecule has 35 heavy (non-hydrogen) atoms. The number of nitrogens with one attached hydrogen (secondary N) is 1. The lowest BCUT2D eigenvalue weighted by molar-refractivity contribution is 0.0955. The highest BCUT2D eigenvalue weighted by Gasteiger charge is 2.18. The molecule has 5 aromatic rings. The Morgan fingerprint density at radius 3 is 2.11 bits per heavy atom. The van der Waals surface area contributed by atoms with E-state index >= 15 is 0 Å². The number of rotatable bonds is 6. The molecule has 1 amide bonds. The molecular formula is C30H24N4O. The Labute approximate surface area is 204 Å². The van der Waals surface area contributed by atoms with Crippen LogP contribution in [0.1, 0.15) is 21.5 Å². The van der Waals surface area contributed by atoms with E-state index in [9.17, 15) is 4.79 Å². The third kappa shape index (κ3) is 4.80. The summed E-state index contributed by atoms with van der Waals surface area (Å²) in [6, 6.07) is 34.4. The van der Waals surface area contributed by atoms with Crippen LogP contribution in [0.25, 0.3) is 28.2 Å². The second-order valence-electron chi connectivity index (χ2n) is 8.17. The first-order valence-electron chi connectivity index (χ1n) is 11.4. The molecule has 0 saturated heterocycles. The van der Waals surface area contributed by atoms with Gasteiger partial charge in [0.15, 0.2) is 0 Å². The molecule has 0 spiro atoms. The van der Waals surface area contributed by atoms with Gasteiger partial charge in [-0.05, 0) is 48.4 Å². The van der Waals surface area contributed by atoms with Crippen LogP contribution in [-0.2, 0) is 0 Å². The van der Waals surface area contributed by atoms with E-state index in [-0.39, 0.29) is 5.91 Å². The summed E-state index contributed by atoms with van der Waals surface area (Å²) in [5.41, 5.74) is 10.5. The van der Waals surface area contributed by atoms with Crippen LogP contribution in [0.2, 0.25) is 0 Å². The molecule has 3 aromatic carbocycles. The molecule has 0 saturated carbocycles. The number of benzene rings is 3. The summed E-state index contributed by atoms with van der Waals surface area (Å²) in [5.74, 6) is -0.286. The van der Waals surface area contributed by atoms with E-state index in [1.165, 1.54) is 5.56 Å². The molecule has 2 aromatic heterocycles. The largest absolute Gasteiger partial charge is 0.309 e. The zero-order valence-electron chi connectivity index (χ0n) is 19.3. The Morgan fingerprint density at radius 1 is 0.829 bits per heavy atom. The van der Waals surface area contributed by atoms with Crippen molar-refractivity contribution in [3.05, 3.63) is 132 Å². The highest BCUT2D eigenvalue weighted by atomic mass is 16.2. The SMILES string of the molecule is Cc1ccc(-n2c(-c3ccccc3)cc(/C=N/NC(=O)c3ccncc3)c2-c2ccccc2)cc1. The molecule has 0 radical (unpaired) electrons. The van der Waals surface area contributed by atoms with Gasteiger partial charge in [-0.25, -0.2) is 5.43 Å². The minimum atomic E-state index is -0.286. The zero-order valence-corrected chi connectivity index (χ0v) is 19.3. The van der Waals surface area contributed by atoms with Crippen molar-refractivity contribution in [2.45, 2.75) is 6.92 Å². The number of carbonyl (C=O) groups excluding carboxylic acids is 1. The molecule has 0 unspecified atom stereocenters. The molecule has 170 valence electrons. The second kappa shape index (κ2) is 10.0. The molecule has 2 heterocycles. The molecule has 5 rings (SSSR count). The van der Waals surface area contributed by atoms with Gasteiger partial charge in [0, 0.05) is 29.2 Å². The van der Waals surface area contributed by atoms with Crippen molar-refractivity contribution in [1.82, 2.24) is 15.0 Å². The van der Waals surface area contributed by atoms with E-state index in [1.807, 2.05) is 36.4 Å². The first kappa shape index (κ1) is 22.0. The van der Waals surface area contributed by atoms with E-state index in [1.54, 1.807) is 30.7 Å². The number of carbonyl (C=O) groups is 1. The summed E-state index contributed by atoms with van der Waals surface area (Å²) in [7, 11) is 0. The maximum absolute atomic E-state index is 12.5. The highest BCUT2D eigenvalue weighted by Crippen LogP contribution is 2.35. The van der Waals surface area contributed by atoms with Crippen molar-refractivity contribution in [3.8, 4) is 28.2 Å². The van der Waals surface area contributed by atoms with Gasteiger partial charge >= 0.3 is 0 Å².